The lowest BCUT2D eigenvalue weighted by molar-refractivity contribution is -0.148. The van der Waals surface area contributed by atoms with E-state index in [-0.39, 0.29) is 17.9 Å². The van der Waals surface area contributed by atoms with E-state index in [0.717, 1.165) is 5.69 Å². The summed E-state index contributed by atoms with van der Waals surface area (Å²) in [4.78, 5) is 24.3. The molecule has 0 saturated carbocycles. The van der Waals surface area contributed by atoms with Gasteiger partial charge in [-0.3, -0.25) is 19.2 Å². The second kappa shape index (κ2) is 4.67. The Labute approximate surface area is 99.6 Å². The van der Waals surface area contributed by atoms with Crippen LogP contribution in [0.15, 0.2) is 12.3 Å². The number of aromatic nitrogens is 2. The topological polar surface area (TPSA) is 67.2 Å². The third-order valence-electron chi connectivity index (χ3n) is 2.95. The number of imide groups is 1. The van der Waals surface area contributed by atoms with Crippen molar-refractivity contribution in [3.05, 3.63) is 18.0 Å². The number of likely N-dealkylation sites (N-methyl/N-ethyl adjacent to an activating group) is 1. The van der Waals surface area contributed by atoms with Crippen LogP contribution in [0.3, 0.4) is 0 Å². The lowest BCUT2D eigenvalue weighted by Gasteiger charge is -2.28. The summed E-state index contributed by atoms with van der Waals surface area (Å²) in [5.74, 6) is -0.261. The molecule has 1 saturated heterocycles. The number of rotatable bonds is 3. The van der Waals surface area contributed by atoms with Crippen molar-refractivity contribution in [3.63, 3.8) is 0 Å². The molecule has 1 fully saturated rings. The number of amides is 2. The standard InChI is InChI=1S/C11H16N4O2/c1-14-6-5-8(13-14)7-12-9-3-4-10(16)15(2)11(9)17/h5-6,9,12H,3-4,7H2,1-2H3. The SMILES string of the molecule is CN1C(=O)CCC(NCc2ccn(C)n2)C1=O. The van der Waals surface area contributed by atoms with Crippen LogP contribution >= 0.6 is 0 Å². The predicted octanol–water partition coefficient (Wildman–Crippen LogP) is -0.343. The molecular formula is C11H16N4O2. The summed E-state index contributed by atoms with van der Waals surface area (Å²) < 4.78 is 1.72. The molecule has 2 rings (SSSR count). The minimum Gasteiger partial charge on any atom is -0.300 e. The first-order valence-electron chi connectivity index (χ1n) is 5.60. The highest BCUT2D eigenvalue weighted by Gasteiger charge is 2.31. The van der Waals surface area contributed by atoms with E-state index in [4.69, 9.17) is 0 Å². The maximum atomic E-state index is 11.8. The zero-order chi connectivity index (χ0) is 12.4. The predicted molar refractivity (Wildman–Crippen MR) is 60.8 cm³/mol. The number of carbonyl (C=O) groups excluding carboxylic acids is 2. The van der Waals surface area contributed by atoms with E-state index in [1.807, 2.05) is 19.3 Å². The molecule has 17 heavy (non-hydrogen) atoms. The first-order chi connectivity index (χ1) is 8.08. The smallest absolute Gasteiger partial charge is 0.246 e. The van der Waals surface area contributed by atoms with Crippen LogP contribution in [0.5, 0.6) is 0 Å². The fourth-order valence-electron chi connectivity index (χ4n) is 1.89. The molecule has 2 heterocycles. The van der Waals surface area contributed by atoms with Crippen molar-refractivity contribution in [2.24, 2.45) is 7.05 Å². The molecule has 1 aliphatic rings. The minimum absolute atomic E-state index is 0.106. The first-order valence-corrected chi connectivity index (χ1v) is 5.60. The van der Waals surface area contributed by atoms with Gasteiger partial charge < -0.3 is 5.32 Å². The van der Waals surface area contributed by atoms with Crippen LogP contribution in [0, 0.1) is 0 Å². The van der Waals surface area contributed by atoms with Gasteiger partial charge in [0.05, 0.1) is 11.7 Å². The van der Waals surface area contributed by atoms with Crippen molar-refractivity contribution < 1.29 is 9.59 Å². The Kier molecular flexibility index (Phi) is 3.23. The molecule has 1 unspecified atom stereocenters. The number of aryl methyl sites for hydroxylation is 1. The third-order valence-corrected chi connectivity index (χ3v) is 2.95. The van der Waals surface area contributed by atoms with Gasteiger partial charge in [-0.25, -0.2) is 0 Å². The second-order valence-electron chi connectivity index (χ2n) is 4.24. The fourth-order valence-corrected chi connectivity index (χ4v) is 1.89. The summed E-state index contributed by atoms with van der Waals surface area (Å²) in [5, 5.41) is 7.35. The molecule has 0 spiro atoms. The summed E-state index contributed by atoms with van der Waals surface area (Å²) in [6.07, 6.45) is 2.84. The van der Waals surface area contributed by atoms with E-state index in [1.165, 1.54) is 11.9 Å². The quantitative estimate of drug-likeness (QED) is 0.729. The monoisotopic (exact) mass is 236 g/mol. The van der Waals surface area contributed by atoms with Crippen molar-refractivity contribution in [3.8, 4) is 0 Å². The average Bonchev–Trinajstić information content (AvgIpc) is 2.71. The Balaban J connectivity index is 1.91. The largest absolute Gasteiger partial charge is 0.300 e. The first kappa shape index (κ1) is 11.8. The molecule has 6 heteroatoms. The van der Waals surface area contributed by atoms with E-state index in [9.17, 15) is 9.59 Å². The lowest BCUT2D eigenvalue weighted by atomic mass is 10.0. The molecule has 1 atom stereocenters. The van der Waals surface area contributed by atoms with E-state index in [2.05, 4.69) is 10.4 Å². The van der Waals surface area contributed by atoms with Crippen molar-refractivity contribution in [1.29, 1.82) is 0 Å². The maximum absolute atomic E-state index is 11.8. The minimum atomic E-state index is -0.278. The zero-order valence-electron chi connectivity index (χ0n) is 10.0. The van der Waals surface area contributed by atoms with Crippen LogP contribution in [0.1, 0.15) is 18.5 Å². The van der Waals surface area contributed by atoms with Gasteiger partial charge in [0.15, 0.2) is 0 Å². The van der Waals surface area contributed by atoms with Crippen LogP contribution in [-0.4, -0.2) is 39.6 Å². The summed E-state index contributed by atoms with van der Waals surface area (Å²) in [6.45, 7) is 0.541. The molecule has 1 aromatic rings. The van der Waals surface area contributed by atoms with Gasteiger partial charge in [-0.2, -0.15) is 5.10 Å². The Hall–Kier alpha value is -1.69. The molecule has 92 valence electrons. The van der Waals surface area contributed by atoms with Gasteiger partial charge in [0.1, 0.15) is 0 Å². The molecule has 1 aliphatic heterocycles. The summed E-state index contributed by atoms with van der Waals surface area (Å²) >= 11 is 0. The Morgan fingerprint density at radius 1 is 1.47 bits per heavy atom. The second-order valence-corrected chi connectivity index (χ2v) is 4.24. The molecule has 2 amide bonds. The van der Waals surface area contributed by atoms with E-state index in [0.29, 0.717) is 19.4 Å². The normalized spacial score (nSPS) is 21.1. The number of likely N-dealkylation sites (tertiary alicyclic amines) is 1. The van der Waals surface area contributed by atoms with Gasteiger partial charge in [-0.15, -0.1) is 0 Å². The Bertz CT molecular complexity index is 440. The molecule has 6 nitrogen and oxygen atoms in total. The fraction of sp³-hybridized carbons (Fsp3) is 0.545. The highest BCUT2D eigenvalue weighted by Crippen LogP contribution is 2.11. The van der Waals surface area contributed by atoms with Gasteiger partial charge in [0, 0.05) is 33.3 Å². The van der Waals surface area contributed by atoms with Crippen LogP contribution in [0.4, 0.5) is 0 Å². The molecule has 0 aliphatic carbocycles. The average molecular weight is 236 g/mol. The van der Waals surface area contributed by atoms with Crippen LogP contribution < -0.4 is 5.32 Å². The zero-order valence-corrected chi connectivity index (χ0v) is 10.0. The van der Waals surface area contributed by atoms with Crippen molar-refractivity contribution in [2.45, 2.75) is 25.4 Å². The maximum Gasteiger partial charge on any atom is 0.246 e. The summed E-state index contributed by atoms with van der Waals surface area (Å²) in [5.41, 5.74) is 0.889. The van der Waals surface area contributed by atoms with Gasteiger partial charge >= 0.3 is 0 Å². The molecule has 0 bridgehead atoms. The summed E-state index contributed by atoms with van der Waals surface area (Å²) in [7, 11) is 3.38. The number of hydrogen-bond acceptors (Lipinski definition) is 4. The molecular weight excluding hydrogens is 220 g/mol. The Morgan fingerprint density at radius 2 is 2.24 bits per heavy atom. The molecule has 0 radical (unpaired) electrons. The number of piperidine rings is 1. The van der Waals surface area contributed by atoms with Gasteiger partial charge in [0.25, 0.3) is 0 Å². The highest BCUT2D eigenvalue weighted by molar-refractivity contribution is 6.00. The number of hydrogen-bond donors (Lipinski definition) is 1. The van der Waals surface area contributed by atoms with E-state index < -0.39 is 0 Å². The molecule has 1 aromatic heterocycles. The van der Waals surface area contributed by atoms with Crippen molar-refractivity contribution >= 4 is 11.8 Å². The molecule has 1 N–H and O–H groups in total. The van der Waals surface area contributed by atoms with Crippen LogP contribution in [0.25, 0.3) is 0 Å². The van der Waals surface area contributed by atoms with Crippen LogP contribution in [0.2, 0.25) is 0 Å². The molecule has 0 aromatic carbocycles. The van der Waals surface area contributed by atoms with Gasteiger partial charge in [-0.05, 0) is 12.5 Å². The van der Waals surface area contributed by atoms with Gasteiger partial charge in [0.2, 0.25) is 11.8 Å². The van der Waals surface area contributed by atoms with E-state index >= 15 is 0 Å². The van der Waals surface area contributed by atoms with E-state index in [1.54, 1.807) is 4.68 Å². The van der Waals surface area contributed by atoms with Crippen LogP contribution in [-0.2, 0) is 23.2 Å². The van der Waals surface area contributed by atoms with Gasteiger partial charge in [-0.1, -0.05) is 0 Å². The lowest BCUT2D eigenvalue weighted by Crippen LogP contribution is -2.51. The third kappa shape index (κ3) is 2.52. The Morgan fingerprint density at radius 3 is 2.88 bits per heavy atom. The number of nitrogens with zero attached hydrogens (tertiary/aromatic N) is 3. The summed E-state index contributed by atoms with van der Waals surface area (Å²) in [6, 6.07) is 1.62. The van der Waals surface area contributed by atoms with Crippen molar-refractivity contribution in [2.75, 3.05) is 7.05 Å². The van der Waals surface area contributed by atoms with Crippen molar-refractivity contribution in [1.82, 2.24) is 20.0 Å². The number of nitrogens with one attached hydrogen (secondary N) is 1. The number of carbonyl (C=O) groups is 2. The highest BCUT2D eigenvalue weighted by atomic mass is 16.2.